The van der Waals surface area contributed by atoms with Gasteiger partial charge in [0.15, 0.2) is 5.70 Å². The number of nitrogens with one attached hydrogen (secondary N) is 1. The number of methoxy groups -OCH3 is 1. The number of carboxylic acid groups (broad SMARTS) is 1. The highest BCUT2D eigenvalue weighted by Gasteiger charge is 2.14. The van der Waals surface area contributed by atoms with Crippen LogP contribution in [0.2, 0.25) is 0 Å². The first-order valence-electron chi connectivity index (χ1n) is 6.44. The van der Waals surface area contributed by atoms with E-state index in [0.717, 1.165) is 33.6 Å². The first-order chi connectivity index (χ1) is 11.0. The number of nitrogens with two attached hydrogens (primary N) is 2. The Bertz CT molecular complexity index is 758. The van der Waals surface area contributed by atoms with Crippen LogP contribution in [-0.4, -0.2) is 23.2 Å². The lowest BCUT2D eigenvalue weighted by atomic mass is 10.1. The number of hydrogen-bond donors (Lipinski definition) is 4. The number of ether oxygens (including phenoxy) is 1. The lowest BCUT2D eigenvalue weighted by molar-refractivity contribution is -0.133. The molecule has 0 saturated heterocycles. The van der Waals surface area contributed by atoms with Crippen molar-refractivity contribution >= 4 is 29.1 Å². The van der Waals surface area contributed by atoms with Crippen molar-refractivity contribution in [3.05, 3.63) is 39.9 Å². The van der Waals surface area contributed by atoms with Crippen molar-refractivity contribution in [3.63, 3.8) is 0 Å². The fourth-order valence-corrected chi connectivity index (χ4v) is 3.48. The number of benzene rings is 1. The molecule has 0 spiro atoms. The van der Waals surface area contributed by atoms with E-state index in [-0.39, 0.29) is 10.7 Å². The summed E-state index contributed by atoms with van der Waals surface area (Å²) in [5.74, 6) is 4.72. The topological polar surface area (TPSA) is 123 Å². The number of thiazole rings is 1. The number of carbonyl (C=O) groups is 1. The molecule has 1 aromatic heterocycles. The molecule has 0 bridgehead atoms. The summed E-state index contributed by atoms with van der Waals surface area (Å²) < 4.78 is 5.31. The molecule has 1 heterocycles. The highest BCUT2D eigenvalue weighted by atomic mass is 32.2. The average Bonchev–Trinajstić information content (AvgIpc) is 2.96. The van der Waals surface area contributed by atoms with E-state index in [0.29, 0.717) is 5.03 Å². The number of aromatic nitrogens is 1. The van der Waals surface area contributed by atoms with Gasteiger partial charge in [0.2, 0.25) is 0 Å². The molecule has 23 heavy (non-hydrogen) atoms. The maximum Gasteiger partial charge on any atom is 0.356 e. The zero-order valence-electron chi connectivity index (χ0n) is 12.5. The third-order valence-corrected chi connectivity index (χ3v) is 4.84. The van der Waals surface area contributed by atoms with Gasteiger partial charge in [-0.1, -0.05) is 12.1 Å². The average molecular weight is 352 g/mol. The molecule has 9 heteroatoms. The van der Waals surface area contributed by atoms with Crippen LogP contribution in [0.3, 0.4) is 0 Å². The molecule has 0 aliphatic carbocycles. The molecular formula is C14H16N4O3S2. The summed E-state index contributed by atoms with van der Waals surface area (Å²) in [7, 11) is 1.62. The van der Waals surface area contributed by atoms with E-state index in [1.165, 1.54) is 11.3 Å². The molecule has 0 unspecified atom stereocenters. The van der Waals surface area contributed by atoms with Crippen LogP contribution in [0.15, 0.2) is 39.3 Å². The third-order valence-electron chi connectivity index (χ3n) is 2.96. The molecule has 0 atom stereocenters. The molecule has 0 radical (unpaired) electrons. The van der Waals surface area contributed by atoms with Crippen molar-refractivity contribution in [2.24, 2.45) is 11.6 Å². The Balaban J connectivity index is 2.26. The molecule has 122 valence electrons. The highest BCUT2D eigenvalue weighted by molar-refractivity contribution is 8.03. The van der Waals surface area contributed by atoms with Gasteiger partial charge in [-0.2, -0.15) is 0 Å². The van der Waals surface area contributed by atoms with E-state index in [1.54, 1.807) is 12.5 Å². The summed E-state index contributed by atoms with van der Waals surface area (Å²) in [6, 6.07) is 5.82. The van der Waals surface area contributed by atoms with Crippen LogP contribution in [0.25, 0.3) is 10.6 Å². The Hall–Kier alpha value is -2.23. The van der Waals surface area contributed by atoms with Gasteiger partial charge >= 0.3 is 5.97 Å². The molecule has 0 aliphatic rings. The molecule has 6 N–H and O–H groups in total. The van der Waals surface area contributed by atoms with Crippen molar-refractivity contribution in [2.45, 2.75) is 11.9 Å². The normalized spacial score (nSPS) is 11.8. The molecule has 2 rings (SSSR count). The van der Waals surface area contributed by atoms with E-state index in [1.807, 2.05) is 25.1 Å². The van der Waals surface area contributed by atoms with Gasteiger partial charge in [-0.3, -0.25) is 5.84 Å². The highest BCUT2D eigenvalue weighted by Crippen LogP contribution is 2.33. The largest absolute Gasteiger partial charge is 0.496 e. The number of hydrogen-bond acceptors (Lipinski definition) is 8. The number of thioether (sulfide) groups is 1. The van der Waals surface area contributed by atoms with Gasteiger partial charge in [0.05, 0.1) is 7.11 Å². The van der Waals surface area contributed by atoms with Gasteiger partial charge in [0.25, 0.3) is 0 Å². The summed E-state index contributed by atoms with van der Waals surface area (Å²) >= 11 is 2.47. The predicted octanol–water partition coefficient (Wildman–Crippen LogP) is 1.89. The number of aryl methyl sites for hydroxylation is 1. The monoisotopic (exact) mass is 352 g/mol. The minimum atomic E-state index is -1.23. The summed E-state index contributed by atoms with van der Waals surface area (Å²) in [5, 5.41) is 12.2. The van der Waals surface area contributed by atoms with Gasteiger partial charge < -0.3 is 21.0 Å². The van der Waals surface area contributed by atoms with Gasteiger partial charge in [0, 0.05) is 10.9 Å². The zero-order chi connectivity index (χ0) is 17.0. The maximum atomic E-state index is 11.0. The molecule has 0 amide bonds. The molecule has 2 aromatic rings. The SMILES string of the molecule is COc1cc(-c2nc(S/C(N)=C(/NN)C(=O)O)cs2)ccc1C. The van der Waals surface area contributed by atoms with Gasteiger partial charge in [-0.15, -0.1) is 11.3 Å². The van der Waals surface area contributed by atoms with Gasteiger partial charge in [0.1, 0.15) is 20.8 Å². The molecule has 0 aliphatic heterocycles. The van der Waals surface area contributed by atoms with E-state index < -0.39 is 5.97 Å². The predicted molar refractivity (Wildman–Crippen MR) is 90.9 cm³/mol. The lowest BCUT2D eigenvalue weighted by Gasteiger charge is -2.06. The smallest absolute Gasteiger partial charge is 0.356 e. The molecule has 7 nitrogen and oxygen atoms in total. The number of nitrogens with zero attached hydrogens (tertiary/aromatic N) is 1. The second-order valence-electron chi connectivity index (χ2n) is 4.47. The minimum Gasteiger partial charge on any atom is -0.496 e. The van der Waals surface area contributed by atoms with Crippen molar-refractivity contribution in [3.8, 4) is 16.3 Å². The van der Waals surface area contributed by atoms with E-state index in [2.05, 4.69) is 10.4 Å². The van der Waals surface area contributed by atoms with Crippen molar-refractivity contribution in [2.75, 3.05) is 7.11 Å². The second kappa shape index (κ2) is 7.36. The van der Waals surface area contributed by atoms with Crippen molar-refractivity contribution in [1.82, 2.24) is 10.4 Å². The van der Waals surface area contributed by atoms with Crippen LogP contribution in [0.5, 0.6) is 5.75 Å². The quantitative estimate of drug-likeness (QED) is 0.269. The number of rotatable bonds is 6. The molecule has 0 fully saturated rings. The number of carboxylic acids is 1. The molecular weight excluding hydrogens is 336 g/mol. The number of hydrazine groups is 1. The molecule has 1 aromatic carbocycles. The Labute approximate surface area is 141 Å². The van der Waals surface area contributed by atoms with E-state index in [9.17, 15) is 4.79 Å². The zero-order valence-corrected chi connectivity index (χ0v) is 14.1. The van der Waals surface area contributed by atoms with E-state index >= 15 is 0 Å². The standard InChI is InChI=1S/C14H16N4O3S2/c1-7-3-4-8(5-9(7)21-2)13-17-10(6-22-13)23-12(15)11(18-16)14(19)20/h3-6,18H,15-16H2,1-2H3,(H,19,20)/b12-11+. The van der Waals surface area contributed by atoms with Crippen LogP contribution in [0, 0.1) is 6.92 Å². The maximum absolute atomic E-state index is 11.0. The molecule has 0 saturated carbocycles. The Kier molecular flexibility index (Phi) is 5.48. The lowest BCUT2D eigenvalue weighted by Crippen LogP contribution is -2.29. The second-order valence-corrected chi connectivity index (χ2v) is 6.39. The summed E-state index contributed by atoms with van der Waals surface area (Å²) in [5.41, 5.74) is 9.51. The van der Waals surface area contributed by atoms with Crippen LogP contribution in [0.1, 0.15) is 5.56 Å². The summed E-state index contributed by atoms with van der Waals surface area (Å²) in [6.07, 6.45) is 0. The van der Waals surface area contributed by atoms with E-state index in [4.69, 9.17) is 21.4 Å². The van der Waals surface area contributed by atoms with Crippen LogP contribution < -0.4 is 21.7 Å². The van der Waals surface area contributed by atoms with Gasteiger partial charge in [-0.25, -0.2) is 9.78 Å². The Morgan fingerprint density at radius 1 is 1.48 bits per heavy atom. The summed E-state index contributed by atoms with van der Waals surface area (Å²) in [6.45, 7) is 1.96. The van der Waals surface area contributed by atoms with Crippen LogP contribution in [-0.2, 0) is 4.79 Å². The van der Waals surface area contributed by atoms with Crippen molar-refractivity contribution in [1.29, 1.82) is 0 Å². The number of aliphatic carboxylic acids is 1. The summed E-state index contributed by atoms with van der Waals surface area (Å²) in [4.78, 5) is 15.4. The van der Waals surface area contributed by atoms with Crippen LogP contribution in [0.4, 0.5) is 0 Å². The Morgan fingerprint density at radius 3 is 2.83 bits per heavy atom. The van der Waals surface area contributed by atoms with Gasteiger partial charge in [-0.05, 0) is 30.3 Å². The first-order valence-corrected chi connectivity index (χ1v) is 8.14. The fraction of sp³-hybridized carbons (Fsp3) is 0.143. The van der Waals surface area contributed by atoms with Crippen LogP contribution >= 0.6 is 23.1 Å². The minimum absolute atomic E-state index is 0.0401. The Morgan fingerprint density at radius 2 is 2.22 bits per heavy atom. The van der Waals surface area contributed by atoms with Crippen molar-refractivity contribution < 1.29 is 14.6 Å². The third kappa shape index (κ3) is 3.95. The fourth-order valence-electron chi connectivity index (χ4n) is 1.79. The first kappa shape index (κ1) is 17.1.